The highest BCUT2D eigenvalue weighted by Crippen LogP contribution is 2.31. The Labute approximate surface area is 170 Å². The van der Waals surface area contributed by atoms with Crippen molar-refractivity contribution >= 4 is 5.96 Å². The molecule has 1 heterocycles. The van der Waals surface area contributed by atoms with Gasteiger partial charge in [0.2, 0.25) is 0 Å². The molecule has 1 unspecified atom stereocenters. The maximum Gasteiger partial charge on any atom is 0.194 e. The SMILES string of the molecule is CCNC(=NCc1c(O)ccc2c1CCCC2)N1CCC(CN(CC)CC)C1. The number of aryl methyl sites for hydroxylation is 1. The number of guanidine groups is 1. The van der Waals surface area contributed by atoms with Crippen LogP contribution in [-0.2, 0) is 19.4 Å². The summed E-state index contributed by atoms with van der Waals surface area (Å²) in [7, 11) is 0. The van der Waals surface area contributed by atoms with Crippen molar-refractivity contribution in [3.05, 3.63) is 28.8 Å². The molecule has 1 fully saturated rings. The first-order valence-electron chi connectivity index (χ1n) is 11.2. The molecule has 0 bridgehead atoms. The van der Waals surface area contributed by atoms with E-state index in [1.165, 1.54) is 36.9 Å². The topological polar surface area (TPSA) is 51.1 Å². The first-order chi connectivity index (χ1) is 13.7. The number of aromatic hydroxyl groups is 1. The number of hydrogen-bond donors (Lipinski definition) is 2. The Morgan fingerprint density at radius 3 is 2.75 bits per heavy atom. The molecule has 156 valence electrons. The van der Waals surface area contributed by atoms with Crippen LogP contribution in [0.15, 0.2) is 17.1 Å². The summed E-state index contributed by atoms with van der Waals surface area (Å²) in [4.78, 5) is 9.87. The van der Waals surface area contributed by atoms with Gasteiger partial charge in [0.15, 0.2) is 5.96 Å². The molecule has 1 aromatic rings. The molecule has 28 heavy (non-hydrogen) atoms. The molecule has 2 aliphatic rings. The van der Waals surface area contributed by atoms with Crippen LogP contribution in [0.1, 0.15) is 56.7 Å². The molecule has 0 radical (unpaired) electrons. The van der Waals surface area contributed by atoms with Gasteiger partial charge in [-0.1, -0.05) is 19.9 Å². The van der Waals surface area contributed by atoms with Gasteiger partial charge in [-0.05, 0) is 75.2 Å². The van der Waals surface area contributed by atoms with Crippen LogP contribution >= 0.6 is 0 Å². The van der Waals surface area contributed by atoms with E-state index in [1.54, 1.807) is 0 Å². The van der Waals surface area contributed by atoms with Gasteiger partial charge in [0.1, 0.15) is 5.75 Å². The van der Waals surface area contributed by atoms with Crippen LogP contribution in [0.25, 0.3) is 0 Å². The predicted octanol–water partition coefficient (Wildman–Crippen LogP) is 3.40. The largest absolute Gasteiger partial charge is 0.508 e. The summed E-state index contributed by atoms with van der Waals surface area (Å²) in [5.41, 5.74) is 3.78. The second kappa shape index (κ2) is 10.1. The molecule has 2 N–H and O–H groups in total. The monoisotopic (exact) mass is 386 g/mol. The maximum absolute atomic E-state index is 10.5. The Kier molecular flexibility index (Phi) is 7.60. The third-order valence-corrected chi connectivity index (χ3v) is 6.34. The zero-order valence-electron chi connectivity index (χ0n) is 18.0. The minimum Gasteiger partial charge on any atom is -0.508 e. The molecule has 0 amide bonds. The molecule has 0 aromatic heterocycles. The number of phenolic OH excluding ortho intramolecular Hbond substituents is 1. The molecule has 5 heteroatoms. The molecular weight excluding hydrogens is 348 g/mol. The van der Waals surface area contributed by atoms with Crippen LogP contribution in [0.2, 0.25) is 0 Å². The van der Waals surface area contributed by atoms with E-state index in [0.29, 0.717) is 18.2 Å². The maximum atomic E-state index is 10.5. The van der Waals surface area contributed by atoms with Crippen LogP contribution in [0.5, 0.6) is 5.75 Å². The van der Waals surface area contributed by atoms with E-state index in [9.17, 15) is 5.11 Å². The average Bonchev–Trinajstić information content (AvgIpc) is 3.18. The van der Waals surface area contributed by atoms with Crippen molar-refractivity contribution in [1.82, 2.24) is 15.1 Å². The lowest BCUT2D eigenvalue weighted by Gasteiger charge is -2.25. The molecule has 0 saturated carbocycles. The molecule has 1 aliphatic heterocycles. The summed E-state index contributed by atoms with van der Waals surface area (Å²) in [5, 5.41) is 13.9. The third kappa shape index (κ3) is 4.99. The van der Waals surface area contributed by atoms with Gasteiger partial charge in [0.05, 0.1) is 6.54 Å². The van der Waals surface area contributed by atoms with Crippen molar-refractivity contribution in [2.75, 3.05) is 39.3 Å². The van der Waals surface area contributed by atoms with Gasteiger partial charge < -0.3 is 20.2 Å². The van der Waals surface area contributed by atoms with Gasteiger partial charge in [0.25, 0.3) is 0 Å². The second-order valence-electron chi connectivity index (χ2n) is 8.16. The summed E-state index contributed by atoms with van der Waals surface area (Å²) in [5.74, 6) is 2.11. The van der Waals surface area contributed by atoms with Crippen molar-refractivity contribution in [1.29, 1.82) is 0 Å². The number of likely N-dealkylation sites (tertiary alicyclic amines) is 1. The Morgan fingerprint density at radius 2 is 2.00 bits per heavy atom. The highest BCUT2D eigenvalue weighted by Gasteiger charge is 2.26. The van der Waals surface area contributed by atoms with E-state index in [4.69, 9.17) is 4.99 Å². The highest BCUT2D eigenvalue weighted by molar-refractivity contribution is 5.80. The summed E-state index contributed by atoms with van der Waals surface area (Å²) in [6.07, 6.45) is 5.90. The van der Waals surface area contributed by atoms with Crippen LogP contribution in [0.3, 0.4) is 0 Å². The third-order valence-electron chi connectivity index (χ3n) is 6.34. The number of benzene rings is 1. The van der Waals surface area contributed by atoms with E-state index < -0.39 is 0 Å². The molecule has 0 spiro atoms. The number of nitrogens with one attached hydrogen (secondary N) is 1. The summed E-state index contributed by atoms with van der Waals surface area (Å²) >= 11 is 0. The van der Waals surface area contributed by atoms with Gasteiger partial charge in [-0.25, -0.2) is 4.99 Å². The lowest BCUT2D eigenvalue weighted by molar-refractivity contribution is 0.255. The zero-order chi connectivity index (χ0) is 19.9. The Balaban J connectivity index is 1.70. The number of nitrogens with zero attached hydrogens (tertiary/aromatic N) is 3. The van der Waals surface area contributed by atoms with Crippen molar-refractivity contribution < 1.29 is 5.11 Å². The van der Waals surface area contributed by atoms with Gasteiger partial charge in [-0.3, -0.25) is 0 Å². The molecule has 1 atom stereocenters. The number of rotatable bonds is 7. The molecule has 5 nitrogen and oxygen atoms in total. The Bertz CT molecular complexity index is 669. The first-order valence-corrected chi connectivity index (χ1v) is 11.2. The Hall–Kier alpha value is -1.75. The minimum atomic E-state index is 0.404. The normalized spacial score (nSPS) is 19.9. The average molecular weight is 387 g/mol. The molecule has 1 aromatic carbocycles. The first kappa shape index (κ1) is 21.0. The quantitative estimate of drug-likeness (QED) is 0.557. The number of hydrogen-bond acceptors (Lipinski definition) is 3. The van der Waals surface area contributed by atoms with Gasteiger partial charge in [-0.15, -0.1) is 0 Å². The van der Waals surface area contributed by atoms with E-state index in [0.717, 1.165) is 57.1 Å². The predicted molar refractivity (Wildman–Crippen MR) is 117 cm³/mol. The van der Waals surface area contributed by atoms with Gasteiger partial charge in [0, 0.05) is 31.7 Å². The van der Waals surface area contributed by atoms with Crippen LogP contribution in [0, 0.1) is 5.92 Å². The molecule has 1 aliphatic carbocycles. The van der Waals surface area contributed by atoms with Crippen molar-refractivity contribution in [3.63, 3.8) is 0 Å². The van der Waals surface area contributed by atoms with E-state index in [-0.39, 0.29) is 0 Å². The molecule has 3 rings (SSSR count). The van der Waals surface area contributed by atoms with Crippen LogP contribution in [-0.4, -0.2) is 60.1 Å². The lowest BCUT2D eigenvalue weighted by Crippen LogP contribution is -2.41. The van der Waals surface area contributed by atoms with Crippen molar-refractivity contribution in [3.8, 4) is 5.75 Å². The zero-order valence-corrected chi connectivity index (χ0v) is 18.0. The van der Waals surface area contributed by atoms with Crippen LogP contribution in [0.4, 0.5) is 0 Å². The lowest BCUT2D eigenvalue weighted by atomic mass is 9.88. The number of phenols is 1. The van der Waals surface area contributed by atoms with Gasteiger partial charge in [-0.2, -0.15) is 0 Å². The smallest absolute Gasteiger partial charge is 0.194 e. The number of aliphatic imine (C=N–C) groups is 1. The van der Waals surface area contributed by atoms with Crippen LogP contribution < -0.4 is 5.32 Å². The van der Waals surface area contributed by atoms with E-state index >= 15 is 0 Å². The summed E-state index contributed by atoms with van der Waals surface area (Å²) in [6, 6.07) is 3.96. The van der Waals surface area contributed by atoms with E-state index in [2.05, 4.69) is 42.0 Å². The van der Waals surface area contributed by atoms with Crippen molar-refractivity contribution in [2.24, 2.45) is 10.9 Å². The summed E-state index contributed by atoms with van der Waals surface area (Å²) < 4.78 is 0. The van der Waals surface area contributed by atoms with Gasteiger partial charge >= 0.3 is 0 Å². The fourth-order valence-corrected chi connectivity index (χ4v) is 4.67. The number of fused-ring (bicyclic) bond motifs is 1. The highest BCUT2D eigenvalue weighted by atomic mass is 16.3. The Morgan fingerprint density at radius 1 is 1.21 bits per heavy atom. The standard InChI is InChI=1S/C23H38N4O/c1-4-24-23(27-14-13-18(17-27)16-26(5-2)6-3)25-15-21-20-10-8-7-9-19(20)11-12-22(21)28/h11-12,18,28H,4-10,13-17H2,1-3H3,(H,24,25). The fourth-order valence-electron chi connectivity index (χ4n) is 4.67. The molecule has 1 saturated heterocycles. The van der Waals surface area contributed by atoms with Crippen molar-refractivity contribution in [2.45, 2.75) is 59.4 Å². The minimum absolute atomic E-state index is 0.404. The fraction of sp³-hybridized carbons (Fsp3) is 0.696. The summed E-state index contributed by atoms with van der Waals surface area (Å²) in [6.45, 7) is 13.6. The second-order valence-corrected chi connectivity index (χ2v) is 8.16. The molecular formula is C23H38N4O. The van der Waals surface area contributed by atoms with E-state index in [1.807, 2.05) is 6.07 Å².